The van der Waals surface area contributed by atoms with Crippen LogP contribution in [0.3, 0.4) is 0 Å². The van der Waals surface area contributed by atoms with Crippen LogP contribution in [0.2, 0.25) is 0 Å². The lowest BCUT2D eigenvalue weighted by molar-refractivity contribution is -0.0148. The van der Waals surface area contributed by atoms with Gasteiger partial charge >= 0.3 is 0 Å². The summed E-state index contributed by atoms with van der Waals surface area (Å²) >= 11 is 1.77. The minimum atomic E-state index is -0.457. The third-order valence-corrected chi connectivity index (χ3v) is 5.15. The van der Waals surface area contributed by atoms with Gasteiger partial charge in [-0.05, 0) is 56.6 Å². The molecule has 2 bridgehead atoms. The zero-order chi connectivity index (χ0) is 9.76. The van der Waals surface area contributed by atoms with Gasteiger partial charge in [-0.3, -0.25) is 0 Å². The Morgan fingerprint density at radius 3 is 2.79 bits per heavy atom. The highest BCUT2D eigenvalue weighted by Gasteiger charge is 2.51. The van der Waals surface area contributed by atoms with Gasteiger partial charge in [-0.2, -0.15) is 0 Å². The molecule has 0 saturated heterocycles. The van der Waals surface area contributed by atoms with Crippen molar-refractivity contribution in [1.29, 1.82) is 0 Å². The number of thiophene rings is 1. The second-order valence-corrected chi connectivity index (χ2v) is 6.20. The number of hydrogen-bond acceptors (Lipinski definition) is 2. The van der Waals surface area contributed by atoms with Crippen LogP contribution >= 0.6 is 11.3 Å². The van der Waals surface area contributed by atoms with Crippen molar-refractivity contribution in [3.05, 3.63) is 21.9 Å². The molecule has 2 aliphatic rings. The summed E-state index contributed by atoms with van der Waals surface area (Å²) < 4.78 is 0. The van der Waals surface area contributed by atoms with Gasteiger partial charge in [0.05, 0.1) is 0 Å². The maximum atomic E-state index is 10.7. The molecular formula is C12H16OS. The molecule has 1 nitrogen and oxygen atoms in total. The van der Waals surface area contributed by atoms with Crippen molar-refractivity contribution < 1.29 is 5.11 Å². The van der Waals surface area contributed by atoms with Crippen molar-refractivity contribution in [1.82, 2.24) is 0 Å². The molecule has 2 fully saturated rings. The van der Waals surface area contributed by atoms with E-state index in [1.54, 1.807) is 11.3 Å². The summed E-state index contributed by atoms with van der Waals surface area (Å²) in [4.78, 5) is 2.53. The molecule has 3 rings (SSSR count). The molecule has 0 aromatic carbocycles. The van der Waals surface area contributed by atoms with E-state index in [9.17, 15) is 5.11 Å². The van der Waals surface area contributed by atoms with E-state index >= 15 is 0 Å². The Labute approximate surface area is 88.8 Å². The van der Waals surface area contributed by atoms with Crippen LogP contribution in [0.15, 0.2) is 12.1 Å². The van der Waals surface area contributed by atoms with E-state index in [4.69, 9.17) is 0 Å². The third-order valence-electron chi connectivity index (χ3n) is 3.98. The van der Waals surface area contributed by atoms with E-state index in [0.29, 0.717) is 5.92 Å². The van der Waals surface area contributed by atoms with Crippen molar-refractivity contribution in [3.63, 3.8) is 0 Å². The molecule has 1 heterocycles. The highest BCUT2D eigenvalue weighted by Crippen LogP contribution is 2.56. The van der Waals surface area contributed by atoms with E-state index in [1.165, 1.54) is 29.0 Å². The summed E-state index contributed by atoms with van der Waals surface area (Å²) in [5.74, 6) is 1.35. The topological polar surface area (TPSA) is 20.2 Å². The summed E-state index contributed by atoms with van der Waals surface area (Å²) in [5, 5.41) is 10.7. The van der Waals surface area contributed by atoms with Crippen LogP contribution in [0.1, 0.15) is 35.4 Å². The molecule has 2 heteroatoms. The van der Waals surface area contributed by atoms with Gasteiger partial charge in [0.2, 0.25) is 0 Å². The first-order valence-corrected chi connectivity index (χ1v) is 6.29. The highest BCUT2D eigenvalue weighted by atomic mass is 32.1. The molecule has 2 aliphatic carbocycles. The van der Waals surface area contributed by atoms with Crippen molar-refractivity contribution in [2.45, 2.75) is 38.2 Å². The van der Waals surface area contributed by atoms with Gasteiger partial charge in [0.25, 0.3) is 0 Å². The Bertz CT molecular complexity index is 357. The smallest absolute Gasteiger partial charge is 0.102 e. The van der Waals surface area contributed by atoms with Crippen LogP contribution in [0.5, 0.6) is 0 Å². The standard InChI is InChI=1S/C12H16OS/c1-8-2-5-11(14-8)12(13)7-9-3-4-10(12)6-9/h2,5,9-10,13H,3-4,6-7H2,1H3. The van der Waals surface area contributed by atoms with Crippen LogP contribution < -0.4 is 0 Å². The van der Waals surface area contributed by atoms with Crippen LogP contribution in [0, 0.1) is 18.8 Å². The average molecular weight is 208 g/mol. The fraction of sp³-hybridized carbons (Fsp3) is 0.667. The van der Waals surface area contributed by atoms with Gasteiger partial charge < -0.3 is 5.11 Å². The number of fused-ring (bicyclic) bond motifs is 2. The van der Waals surface area contributed by atoms with Gasteiger partial charge in [0.1, 0.15) is 5.60 Å². The van der Waals surface area contributed by atoms with Crippen LogP contribution in [-0.4, -0.2) is 5.11 Å². The van der Waals surface area contributed by atoms with Crippen LogP contribution in [0.25, 0.3) is 0 Å². The van der Waals surface area contributed by atoms with Gasteiger partial charge in [-0.1, -0.05) is 0 Å². The summed E-state index contributed by atoms with van der Waals surface area (Å²) in [5.41, 5.74) is -0.457. The largest absolute Gasteiger partial charge is 0.384 e. The number of aryl methyl sites for hydroxylation is 1. The van der Waals surface area contributed by atoms with E-state index in [2.05, 4.69) is 19.1 Å². The molecule has 1 N–H and O–H groups in total. The third kappa shape index (κ3) is 1.10. The molecule has 0 radical (unpaired) electrons. The maximum Gasteiger partial charge on any atom is 0.102 e. The van der Waals surface area contributed by atoms with E-state index in [-0.39, 0.29) is 0 Å². The fourth-order valence-corrected chi connectivity index (χ4v) is 4.32. The predicted octanol–water partition coefficient (Wildman–Crippen LogP) is 3.06. The van der Waals surface area contributed by atoms with Crippen molar-refractivity contribution in [2.75, 3.05) is 0 Å². The summed E-state index contributed by atoms with van der Waals surface area (Å²) in [6, 6.07) is 4.25. The molecule has 3 unspecified atom stereocenters. The molecule has 3 atom stereocenters. The van der Waals surface area contributed by atoms with Gasteiger partial charge in [-0.25, -0.2) is 0 Å². The predicted molar refractivity (Wildman–Crippen MR) is 58.4 cm³/mol. The van der Waals surface area contributed by atoms with E-state index in [1.807, 2.05) is 0 Å². The Morgan fingerprint density at radius 1 is 1.43 bits per heavy atom. The lowest BCUT2D eigenvalue weighted by Gasteiger charge is -2.31. The first-order chi connectivity index (χ1) is 6.68. The first-order valence-electron chi connectivity index (χ1n) is 5.48. The summed E-state index contributed by atoms with van der Waals surface area (Å²) in [6.45, 7) is 2.12. The Balaban J connectivity index is 1.97. The molecule has 1 aromatic heterocycles. The highest BCUT2D eigenvalue weighted by molar-refractivity contribution is 7.12. The van der Waals surface area contributed by atoms with Crippen LogP contribution in [-0.2, 0) is 5.60 Å². The lowest BCUT2D eigenvalue weighted by Crippen LogP contribution is -2.31. The SMILES string of the molecule is Cc1ccc(C2(O)CC3CCC2C3)s1. The molecule has 1 aromatic rings. The molecule has 0 amide bonds. The number of hydrogen-bond donors (Lipinski definition) is 1. The number of aliphatic hydroxyl groups is 1. The minimum absolute atomic E-state index is 0.457. The Kier molecular flexibility index (Phi) is 1.80. The second-order valence-electron chi connectivity index (χ2n) is 4.91. The average Bonchev–Trinajstić information content (AvgIpc) is 2.78. The summed E-state index contributed by atoms with van der Waals surface area (Å²) in [6.07, 6.45) is 4.85. The summed E-state index contributed by atoms with van der Waals surface area (Å²) in [7, 11) is 0. The molecule has 0 spiro atoms. The second kappa shape index (κ2) is 2.83. The zero-order valence-electron chi connectivity index (χ0n) is 8.49. The molecular weight excluding hydrogens is 192 g/mol. The molecule has 76 valence electrons. The minimum Gasteiger partial charge on any atom is -0.384 e. The molecule has 0 aliphatic heterocycles. The quantitative estimate of drug-likeness (QED) is 0.752. The monoisotopic (exact) mass is 208 g/mol. The zero-order valence-corrected chi connectivity index (χ0v) is 9.31. The lowest BCUT2D eigenvalue weighted by atomic mass is 9.83. The molecule has 14 heavy (non-hydrogen) atoms. The van der Waals surface area contributed by atoms with E-state index < -0.39 is 5.60 Å². The Hall–Kier alpha value is -0.340. The van der Waals surface area contributed by atoms with Gasteiger partial charge in [0, 0.05) is 9.75 Å². The normalized spacial score (nSPS) is 40.7. The van der Waals surface area contributed by atoms with E-state index in [0.717, 1.165) is 12.3 Å². The van der Waals surface area contributed by atoms with Crippen molar-refractivity contribution >= 4 is 11.3 Å². The van der Waals surface area contributed by atoms with Crippen molar-refractivity contribution in [3.8, 4) is 0 Å². The van der Waals surface area contributed by atoms with Gasteiger partial charge in [-0.15, -0.1) is 11.3 Å². The maximum absolute atomic E-state index is 10.7. The Morgan fingerprint density at radius 2 is 2.29 bits per heavy atom. The van der Waals surface area contributed by atoms with Crippen molar-refractivity contribution in [2.24, 2.45) is 11.8 Å². The fourth-order valence-electron chi connectivity index (χ4n) is 3.27. The number of rotatable bonds is 1. The first kappa shape index (κ1) is 8.93. The van der Waals surface area contributed by atoms with Gasteiger partial charge in [0.15, 0.2) is 0 Å². The van der Waals surface area contributed by atoms with Crippen LogP contribution in [0.4, 0.5) is 0 Å². The molecule has 2 saturated carbocycles.